The highest BCUT2D eigenvalue weighted by atomic mass is 16.5. The molecule has 1 aliphatic rings. The van der Waals surface area contributed by atoms with Crippen LogP contribution in [-0.4, -0.2) is 31.2 Å². The van der Waals surface area contributed by atoms with Crippen molar-refractivity contribution in [1.82, 2.24) is 5.32 Å². The van der Waals surface area contributed by atoms with E-state index in [1.54, 1.807) is 6.92 Å². The van der Waals surface area contributed by atoms with Crippen LogP contribution in [0.5, 0.6) is 0 Å². The van der Waals surface area contributed by atoms with E-state index in [2.05, 4.69) is 5.32 Å². The zero-order valence-electron chi connectivity index (χ0n) is 7.38. The van der Waals surface area contributed by atoms with Crippen LogP contribution in [0.15, 0.2) is 0 Å². The van der Waals surface area contributed by atoms with Gasteiger partial charge in [-0.25, -0.2) is 0 Å². The molecular formula is C8H16N2O2. The molecule has 0 radical (unpaired) electrons. The Hall–Kier alpha value is -0.610. The van der Waals surface area contributed by atoms with Gasteiger partial charge < -0.3 is 15.8 Å². The number of carbonyl (C=O) groups is 1. The smallest absolute Gasteiger partial charge is 0.236 e. The molecule has 0 aliphatic carbocycles. The lowest BCUT2D eigenvalue weighted by molar-refractivity contribution is -0.123. The second-order valence-electron chi connectivity index (χ2n) is 3.21. The van der Waals surface area contributed by atoms with Crippen LogP contribution in [0, 0.1) is 0 Å². The van der Waals surface area contributed by atoms with Gasteiger partial charge in [-0.1, -0.05) is 0 Å². The van der Waals surface area contributed by atoms with Crippen LogP contribution in [0.4, 0.5) is 0 Å². The van der Waals surface area contributed by atoms with Crippen LogP contribution in [0.25, 0.3) is 0 Å². The summed E-state index contributed by atoms with van der Waals surface area (Å²) in [4.78, 5) is 11.1. The standard InChI is InChI=1S/C8H16N2O2/c1-6(9)8(11)10-7-3-2-4-12-5-7/h6-7H,2-5,9H2,1H3,(H,10,11). The molecular weight excluding hydrogens is 156 g/mol. The van der Waals surface area contributed by atoms with E-state index < -0.39 is 6.04 Å². The van der Waals surface area contributed by atoms with Crippen LogP contribution in [0.1, 0.15) is 19.8 Å². The Morgan fingerprint density at radius 1 is 1.75 bits per heavy atom. The molecule has 2 unspecified atom stereocenters. The highest BCUT2D eigenvalue weighted by Crippen LogP contribution is 2.05. The maximum atomic E-state index is 11.1. The van der Waals surface area contributed by atoms with Crippen molar-refractivity contribution < 1.29 is 9.53 Å². The average Bonchev–Trinajstić information content (AvgIpc) is 2.06. The molecule has 2 atom stereocenters. The highest BCUT2D eigenvalue weighted by Gasteiger charge is 2.17. The first-order valence-corrected chi connectivity index (χ1v) is 4.34. The Balaban J connectivity index is 2.24. The lowest BCUT2D eigenvalue weighted by Crippen LogP contribution is -2.46. The van der Waals surface area contributed by atoms with E-state index in [0.29, 0.717) is 6.61 Å². The Bertz CT molecular complexity index is 153. The van der Waals surface area contributed by atoms with Crippen molar-refractivity contribution in [3.63, 3.8) is 0 Å². The molecule has 0 aromatic rings. The zero-order valence-corrected chi connectivity index (χ0v) is 7.38. The molecule has 0 aromatic heterocycles. The number of nitrogens with two attached hydrogens (primary N) is 1. The third-order valence-electron chi connectivity index (χ3n) is 1.92. The Labute approximate surface area is 72.5 Å². The number of hydrogen-bond acceptors (Lipinski definition) is 3. The predicted molar refractivity (Wildman–Crippen MR) is 45.6 cm³/mol. The van der Waals surface area contributed by atoms with Crippen LogP contribution in [-0.2, 0) is 9.53 Å². The first-order chi connectivity index (χ1) is 5.70. The third kappa shape index (κ3) is 2.79. The van der Waals surface area contributed by atoms with Gasteiger partial charge in [0.2, 0.25) is 5.91 Å². The quantitative estimate of drug-likeness (QED) is 0.597. The van der Waals surface area contributed by atoms with Crippen molar-refractivity contribution in [3.05, 3.63) is 0 Å². The number of amides is 1. The van der Waals surface area contributed by atoms with Gasteiger partial charge in [0.05, 0.1) is 18.7 Å². The largest absolute Gasteiger partial charge is 0.379 e. The fourth-order valence-corrected chi connectivity index (χ4v) is 1.19. The number of carbonyl (C=O) groups excluding carboxylic acids is 1. The van der Waals surface area contributed by atoms with Gasteiger partial charge in [0, 0.05) is 6.61 Å². The molecule has 0 bridgehead atoms. The molecule has 1 saturated heterocycles. The minimum atomic E-state index is -0.424. The maximum absolute atomic E-state index is 11.1. The van der Waals surface area contributed by atoms with Crippen LogP contribution >= 0.6 is 0 Å². The number of rotatable bonds is 2. The van der Waals surface area contributed by atoms with Gasteiger partial charge in [-0.15, -0.1) is 0 Å². The van der Waals surface area contributed by atoms with E-state index in [9.17, 15) is 4.79 Å². The Morgan fingerprint density at radius 2 is 2.50 bits per heavy atom. The van der Waals surface area contributed by atoms with Crippen LogP contribution in [0.2, 0.25) is 0 Å². The molecule has 4 nitrogen and oxygen atoms in total. The lowest BCUT2D eigenvalue weighted by Gasteiger charge is -2.23. The van der Waals surface area contributed by atoms with Crippen LogP contribution < -0.4 is 11.1 Å². The first kappa shape index (κ1) is 9.48. The van der Waals surface area contributed by atoms with Gasteiger partial charge in [0.25, 0.3) is 0 Å². The van der Waals surface area contributed by atoms with Gasteiger partial charge in [-0.3, -0.25) is 4.79 Å². The molecule has 0 spiro atoms. The summed E-state index contributed by atoms with van der Waals surface area (Å²) in [5.41, 5.74) is 5.40. The monoisotopic (exact) mass is 172 g/mol. The minimum Gasteiger partial charge on any atom is -0.379 e. The van der Waals surface area contributed by atoms with E-state index in [4.69, 9.17) is 10.5 Å². The fraction of sp³-hybridized carbons (Fsp3) is 0.875. The van der Waals surface area contributed by atoms with Crippen molar-refractivity contribution in [2.75, 3.05) is 13.2 Å². The third-order valence-corrected chi connectivity index (χ3v) is 1.92. The van der Waals surface area contributed by atoms with E-state index in [0.717, 1.165) is 19.4 Å². The molecule has 3 N–H and O–H groups in total. The van der Waals surface area contributed by atoms with Gasteiger partial charge in [0.15, 0.2) is 0 Å². The summed E-state index contributed by atoms with van der Waals surface area (Å²) in [6.45, 7) is 3.11. The summed E-state index contributed by atoms with van der Waals surface area (Å²) < 4.78 is 5.21. The molecule has 1 rings (SSSR count). The van der Waals surface area contributed by atoms with Crippen molar-refractivity contribution in [1.29, 1.82) is 0 Å². The van der Waals surface area contributed by atoms with Crippen molar-refractivity contribution >= 4 is 5.91 Å². The first-order valence-electron chi connectivity index (χ1n) is 4.34. The summed E-state index contributed by atoms with van der Waals surface area (Å²) in [5.74, 6) is -0.0921. The molecule has 1 amide bonds. The second kappa shape index (κ2) is 4.42. The molecule has 12 heavy (non-hydrogen) atoms. The van der Waals surface area contributed by atoms with Gasteiger partial charge in [-0.2, -0.15) is 0 Å². The normalized spacial score (nSPS) is 26.3. The SMILES string of the molecule is CC(N)C(=O)NC1CCCOC1. The predicted octanol–water partition coefficient (Wildman–Crippen LogP) is -0.371. The number of ether oxygens (including phenoxy) is 1. The number of hydrogen-bond donors (Lipinski definition) is 2. The highest BCUT2D eigenvalue weighted by molar-refractivity contribution is 5.81. The van der Waals surface area contributed by atoms with Crippen molar-refractivity contribution in [2.24, 2.45) is 5.73 Å². The van der Waals surface area contributed by atoms with Gasteiger partial charge in [-0.05, 0) is 19.8 Å². The molecule has 70 valence electrons. The maximum Gasteiger partial charge on any atom is 0.236 e. The number of nitrogens with one attached hydrogen (secondary N) is 1. The van der Waals surface area contributed by atoms with E-state index in [1.165, 1.54) is 0 Å². The Kier molecular flexibility index (Phi) is 3.49. The van der Waals surface area contributed by atoms with Gasteiger partial charge >= 0.3 is 0 Å². The summed E-state index contributed by atoms with van der Waals surface area (Å²) in [7, 11) is 0. The molecule has 4 heteroatoms. The van der Waals surface area contributed by atoms with E-state index in [-0.39, 0.29) is 11.9 Å². The van der Waals surface area contributed by atoms with E-state index >= 15 is 0 Å². The molecule has 1 heterocycles. The van der Waals surface area contributed by atoms with Gasteiger partial charge in [0.1, 0.15) is 0 Å². The molecule has 1 fully saturated rings. The second-order valence-corrected chi connectivity index (χ2v) is 3.21. The summed E-state index contributed by atoms with van der Waals surface area (Å²) >= 11 is 0. The summed E-state index contributed by atoms with van der Waals surface area (Å²) in [6.07, 6.45) is 2.02. The molecule has 0 saturated carbocycles. The Morgan fingerprint density at radius 3 is 3.00 bits per heavy atom. The molecule has 1 aliphatic heterocycles. The average molecular weight is 172 g/mol. The van der Waals surface area contributed by atoms with E-state index in [1.807, 2.05) is 0 Å². The lowest BCUT2D eigenvalue weighted by atomic mass is 10.1. The summed E-state index contributed by atoms with van der Waals surface area (Å²) in [6, 6.07) is -0.260. The van der Waals surface area contributed by atoms with Crippen molar-refractivity contribution in [2.45, 2.75) is 31.8 Å². The minimum absolute atomic E-state index is 0.0921. The fourth-order valence-electron chi connectivity index (χ4n) is 1.19. The van der Waals surface area contributed by atoms with Crippen molar-refractivity contribution in [3.8, 4) is 0 Å². The summed E-state index contributed by atoms with van der Waals surface area (Å²) in [5, 5.41) is 2.83. The zero-order chi connectivity index (χ0) is 8.97. The topological polar surface area (TPSA) is 64.4 Å². The molecule has 0 aromatic carbocycles. The van der Waals surface area contributed by atoms with Crippen LogP contribution in [0.3, 0.4) is 0 Å².